The zero-order valence-electron chi connectivity index (χ0n) is 8.43. The molecule has 1 aromatic carbocycles. The Morgan fingerprint density at radius 1 is 1.27 bits per heavy atom. The van der Waals surface area contributed by atoms with Crippen molar-refractivity contribution >= 4 is 10.9 Å². The third-order valence-corrected chi connectivity index (χ3v) is 2.48. The van der Waals surface area contributed by atoms with Gasteiger partial charge in [-0.25, -0.2) is 0 Å². The molecule has 1 heterocycles. The summed E-state index contributed by atoms with van der Waals surface area (Å²) in [4.78, 5) is 4.24. The van der Waals surface area contributed by atoms with Gasteiger partial charge in [0.15, 0.2) is 0 Å². The molecule has 0 radical (unpaired) electrons. The number of aromatic nitrogens is 1. The minimum absolute atomic E-state index is 0.484. The van der Waals surface area contributed by atoms with Crippen LogP contribution in [0.25, 0.3) is 10.9 Å². The maximum Gasteiger partial charge on any atom is 0.0809 e. The van der Waals surface area contributed by atoms with Crippen molar-refractivity contribution in [3.63, 3.8) is 0 Å². The molecule has 0 saturated carbocycles. The minimum atomic E-state index is -0.497. The highest BCUT2D eigenvalue weighted by atomic mass is 16.3. The van der Waals surface area contributed by atoms with Gasteiger partial charge in [0, 0.05) is 11.6 Å². The summed E-state index contributed by atoms with van der Waals surface area (Å²) in [6.07, 6.45) is 1.80. The lowest BCUT2D eigenvalue weighted by Crippen LogP contribution is -2.07. The molecule has 15 heavy (non-hydrogen) atoms. The van der Waals surface area contributed by atoms with Crippen molar-refractivity contribution in [3.05, 3.63) is 42.1 Å². The molecular formula is C12H14N2O. The molecular weight excluding hydrogens is 188 g/mol. The first-order valence-electron chi connectivity index (χ1n) is 5.04. The molecule has 3 nitrogen and oxygen atoms in total. The van der Waals surface area contributed by atoms with Gasteiger partial charge in [-0.1, -0.05) is 18.2 Å². The number of aliphatic hydroxyl groups is 1. The SMILES string of the molecule is NCC[C@@H](O)c1ccnc2ccccc12. The fourth-order valence-corrected chi connectivity index (χ4v) is 1.72. The quantitative estimate of drug-likeness (QED) is 0.795. The molecule has 0 fully saturated rings. The van der Waals surface area contributed by atoms with Crippen LogP contribution in [0.2, 0.25) is 0 Å². The van der Waals surface area contributed by atoms with Gasteiger partial charge < -0.3 is 10.8 Å². The Hall–Kier alpha value is -1.45. The van der Waals surface area contributed by atoms with Gasteiger partial charge in [-0.3, -0.25) is 4.98 Å². The van der Waals surface area contributed by atoms with Gasteiger partial charge in [-0.2, -0.15) is 0 Å². The van der Waals surface area contributed by atoms with Crippen molar-refractivity contribution in [1.29, 1.82) is 0 Å². The molecule has 2 rings (SSSR count). The topological polar surface area (TPSA) is 59.1 Å². The zero-order chi connectivity index (χ0) is 10.7. The van der Waals surface area contributed by atoms with Crippen molar-refractivity contribution in [2.75, 3.05) is 6.54 Å². The van der Waals surface area contributed by atoms with E-state index in [2.05, 4.69) is 4.98 Å². The van der Waals surface area contributed by atoms with Gasteiger partial charge in [-0.05, 0) is 30.7 Å². The summed E-state index contributed by atoms with van der Waals surface area (Å²) in [6, 6.07) is 9.64. The van der Waals surface area contributed by atoms with Crippen LogP contribution in [0.3, 0.4) is 0 Å². The molecule has 1 atom stereocenters. The van der Waals surface area contributed by atoms with Crippen LogP contribution in [-0.2, 0) is 0 Å². The molecule has 78 valence electrons. The summed E-state index contributed by atoms with van der Waals surface area (Å²) in [7, 11) is 0. The summed E-state index contributed by atoms with van der Waals surface area (Å²) in [6.45, 7) is 0.484. The molecule has 0 aliphatic carbocycles. The Bertz CT molecular complexity index is 451. The highest BCUT2D eigenvalue weighted by molar-refractivity contribution is 5.82. The van der Waals surface area contributed by atoms with E-state index in [0.29, 0.717) is 13.0 Å². The minimum Gasteiger partial charge on any atom is -0.388 e. The van der Waals surface area contributed by atoms with E-state index in [1.54, 1.807) is 6.20 Å². The first kappa shape index (κ1) is 10.1. The first-order chi connectivity index (χ1) is 7.33. The third kappa shape index (κ3) is 1.98. The van der Waals surface area contributed by atoms with E-state index < -0.39 is 6.10 Å². The lowest BCUT2D eigenvalue weighted by Gasteiger charge is -2.11. The summed E-state index contributed by atoms with van der Waals surface area (Å²) >= 11 is 0. The number of aliphatic hydroxyl groups excluding tert-OH is 1. The highest BCUT2D eigenvalue weighted by Gasteiger charge is 2.09. The number of nitrogens with zero attached hydrogens (tertiary/aromatic N) is 1. The van der Waals surface area contributed by atoms with Gasteiger partial charge in [0.1, 0.15) is 0 Å². The molecule has 1 aromatic heterocycles. The third-order valence-electron chi connectivity index (χ3n) is 2.48. The molecule has 0 aliphatic rings. The van der Waals surface area contributed by atoms with Crippen LogP contribution in [0.1, 0.15) is 18.1 Å². The molecule has 2 aromatic rings. The number of fused-ring (bicyclic) bond motifs is 1. The molecule has 0 spiro atoms. The average Bonchev–Trinajstić information content (AvgIpc) is 2.28. The molecule has 0 aliphatic heterocycles. The number of rotatable bonds is 3. The van der Waals surface area contributed by atoms with Crippen LogP contribution in [-0.4, -0.2) is 16.6 Å². The maximum absolute atomic E-state index is 9.91. The van der Waals surface area contributed by atoms with Crippen LogP contribution in [0.5, 0.6) is 0 Å². The Balaban J connectivity index is 2.50. The Labute approximate surface area is 88.6 Å². The largest absolute Gasteiger partial charge is 0.388 e. The Morgan fingerprint density at radius 3 is 2.87 bits per heavy atom. The molecule has 0 amide bonds. The Kier molecular flexibility index (Phi) is 2.94. The molecule has 0 saturated heterocycles. The molecule has 0 unspecified atom stereocenters. The van der Waals surface area contributed by atoms with E-state index in [-0.39, 0.29) is 0 Å². The lowest BCUT2D eigenvalue weighted by molar-refractivity contribution is 0.172. The summed E-state index contributed by atoms with van der Waals surface area (Å²) in [5, 5.41) is 10.9. The van der Waals surface area contributed by atoms with Gasteiger partial charge in [-0.15, -0.1) is 0 Å². The number of nitrogens with two attached hydrogens (primary N) is 1. The van der Waals surface area contributed by atoms with Gasteiger partial charge in [0.25, 0.3) is 0 Å². The van der Waals surface area contributed by atoms with Crippen molar-refractivity contribution in [2.45, 2.75) is 12.5 Å². The van der Waals surface area contributed by atoms with Crippen LogP contribution >= 0.6 is 0 Å². The first-order valence-corrected chi connectivity index (χ1v) is 5.04. The number of hydrogen-bond donors (Lipinski definition) is 2. The monoisotopic (exact) mass is 202 g/mol. The van der Waals surface area contributed by atoms with E-state index in [1.165, 1.54) is 0 Å². The predicted molar refractivity (Wildman–Crippen MR) is 60.4 cm³/mol. The highest BCUT2D eigenvalue weighted by Crippen LogP contribution is 2.24. The van der Waals surface area contributed by atoms with Gasteiger partial charge >= 0.3 is 0 Å². The van der Waals surface area contributed by atoms with Crippen molar-refractivity contribution in [1.82, 2.24) is 4.98 Å². The second kappa shape index (κ2) is 4.38. The fraction of sp³-hybridized carbons (Fsp3) is 0.250. The van der Waals surface area contributed by atoms with E-state index in [4.69, 9.17) is 5.73 Å². The standard InChI is InChI=1S/C12H14N2O/c13-7-5-12(15)10-6-8-14-11-4-2-1-3-9(10)11/h1-4,6,8,12,15H,5,7,13H2/t12-/m1/s1. The molecule has 3 N–H and O–H groups in total. The maximum atomic E-state index is 9.91. The van der Waals surface area contributed by atoms with Crippen molar-refractivity contribution in [2.24, 2.45) is 5.73 Å². The van der Waals surface area contributed by atoms with E-state index in [0.717, 1.165) is 16.5 Å². The summed E-state index contributed by atoms with van der Waals surface area (Å²) in [5.41, 5.74) is 7.25. The van der Waals surface area contributed by atoms with Gasteiger partial charge in [0.05, 0.1) is 11.6 Å². The van der Waals surface area contributed by atoms with Crippen LogP contribution in [0.4, 0.5) is 0 Å². The van der Waals surface area contributed by atoms with Crippen LogP contribution < -0.4 is 5.73 Å². The zero-order valence-corrected chi connectivity index (χ0v) is 8.43. The second-order valence-corrected chi connectivity index (χ2v) is 3.51. The summed E-state index contributed by atoms with van der Waals surface area (Å²) in [5.74, 6) is 0. The van der Waals surface area contributed by atoms with Crippen molar-refractivity contribution < 1.29 is 5.11 Å². The van der Waals surface area contributed by atoms with Crippen molar-refractivity contribution in [3.8, 4) is 0 Å². The average molecular weight is 202 g/mol. The number of benzene rings is 1. The van der Waals surface area contributed by atoms with E-state index in [1.807, 2.05) is 30.3 Å². The normalized spacial score (nSPS) is 12.9. The summed E-state index contributed by atoms with van der Waals surface area (Å²) < 4.78 is 0. The van der Waals surface area contributed by atoms with E-state index >= 15 is 0 Å². The number of para-hydroxylation sites is 1. The molecule has 3 heteroatoms. The lowest BCUT2D eigenvalue weighted by atomic mass is 10.0. The van der Waals surface area contributed by atoms with E-state index in [9.17, 15) is 5.11 Å². The van der Waals surface area contributed by atoms with Crippen LogP contribution in [0, 0.1) is 0 Å². The smallest absolute Gasteiger partial charge is 0.0809 e. The number of pyridine rings is 1. The van der Waals surface area contributed by atoms with Crippen LogP contribution in [0.15, 0.2) is 36.5 Å². The number of hydrogen-bond acceptors (Lipinski definition) is 3. The second-order valence-electron chi connectivity index (χ2n) is 3.51. The Morgan fingerprint density at radius 2 is 2.07 bits per heavy atom. The van der Waals surface area contributed by atoms with Gasteiger partial charge in [0.2, 0.25) is 0 Å². The predicted octanol–water partition coefficient (Wildman–Crippen LogP) is 1.62. The fourth-order valence-electron chi connectivity index (χ4n) is 1.72. The molecule has 0 bridgehead atoms.